The molecule has 3 heteroatoms. The number of nitrogens with zero attached hydrogens (tertiary/aromatic N) is 1. The zero-order valence-electron chi connectivity index (χ0n) is 9.66. The highest BCUT2D eigenvalue weighted by molar-refractivity contribution is 5.73. The summed E-state index contributed by atoms with van der Waals surface area (Å²) < 4.78 is 0. The molecule has 0 aromatic heterocycles. The number of carbonyl (C=O) groups excluding carboxylic acids is 1. The number of rotatable bonds is 1. The van der Waals surface area contributed by atoms with Crippen LogP contribution in [0.5, 0.6) is 0 Å². The van der Waals surface area contributed by atoms with Crippen LogP contribution >= 0.6 is 0 Å². The molecule has 0 radical (unpaired) electrons. The van der Waals surface area contributed by atoms with Crippen molar-refractivity contribution in [2.24, 2.45) is 17.6 Å². The first kappa shape index (κ1) is 11.5. The molecule has 1 fully saturated rings. The molecule has 14 heavy (non-hydrogen) atoms. The number of carbonyl (C=O) groups is 1. The van der Waals surface area contributed by atoms with Gasteiger partial charge >= 0.3 is 0 Å². The fourth-order valence-corrected chi connectivity index (χ4v) is 2.78. The van der Waals surface area contributed by atoms with E-state index in [4.69, 9.17) is 5.73 Å². The summed E-state index contributed by atoms with van der Waals surface area (Å²) in [5.41, 5.74) is 6.10. The minimum atomic E-state index is 0.117. The summed E-state index contributed by atoms with van der Waals surface area (Å²) in [7, 11) is 1.86. The maximum absolute atomic E-state index is 11.3. The van der Waals surface area contributed by atoms with Crippen LogP contribution in [0.3, 0.4) is 0 Å². The first-order valence-electron chi connectivity index (χ1n) is 5.42. The van der Waals surface area contributed by atoms with Gasteiger partial charge < -0.3 is 10.6 Å². The van der Waals surface area contributed by atoms with Crippen LogP contribution in [-0.4, -0.2) is 29.9 Å². The summed E-state index contributed by atoms with van der Waals surface area (Å²) in [5, 5.41) is 0. The van der Waals surface area contributed by atoms with Crippen LogP contribution in [0.1, 0.15) is 33.6 Å². The normalized spacial score (nSPS) is 38.1. The molecular formula is C11H22N2O. The van der Waals surface area contributed by atoms with Crippen molar-refractivity contribution in [2.75, 3.05) is 7.05 Å². The lowest BCUT2D eigenvalue weighted by Crippen LogP contribution is -2.54. The van der Waals surface area contributed by atoms with Crippen molar-refractivity contribution < 1.29 is 4.79 Å². The molecular weight excluding hydrogens is 176 g/mol. The molecule has 0 saturated heterocycles. The fourth-order valence-electron chi connectivity index (χ4n) is 2.78. The Hall–Kier alpha value is -0.570. The summed E-state index contributed by atoms with van der Waals surface area (Å²) >= 11 is 0. The molecule has 1 amide bonds. The summed E-state index contributed by atoms with van der Waals surface area (Å²) in [6, 6.07) is 0.367. The molecule has 82 valence electrons. The van der Waals surface area contributed by atoms with Crippen molar-refractivity contribution in [3.05, 3.63) is 0 Å². The van der Waals surface area contributed by atoms with Gasteiger partial charge in [0.15, 0.2) is 0 Å². The Kier molecular flexibility index (Phi) is 3.53. The van der Waals surface area contributed by atoms with Crippen LogP contribution in [0.4, 0.5) is 0 Å². The maximum atomic E-state index is 11.3. The number of likely N-dealkylation sites (N-methyl/N-ethyl adjacent to an activating group) is 1. The van der Waals surface area contributed by atoms with Gasteiger partial charge in [0.05, 0.1) is 0 Å². The van der Waals surface area contributed by atoms with E-state index >= 15 is 0 Å². The van der Waals surface area contributed by atoms with Gasteiger partial charge in [0.25, 0.3) is 0 Å². The standard InChI is InChI=1S/C11H22N2O/c1-7-5-8(2)11(10(12)6-7)13(4)9(3)14/h7-8,10-11H,5-6,12H2,1-4H3/t7-,8+,10-,11+/m1/s1. The third-order valence-corrected chi connectivity index (χ3v) is 3.41. The largest absolute Gasteiger partial charge is 0.341 e. The Bertz CT molecular complexity index is 205. The Balaban J connectivity index is 2.71. The van der Waals surface area contributed by atoms with E-state index in [1.807, 2.05) is 7.05 Å². The van der Waals surface area contributed by atoms with E-state index in [0.717, 1.165) is 6.42 Å². The van der Waals surface area contributed by atoms with Crippen LogP contribution < -0.4 is 5.73 Å². The molecule has 2 N–H and O–H groups in total. The average Bonchev–Trinajstić information content (AvgIpc) is 2.01. The monoisotopic (exact) mass is 198 g/mol. The first-order chi connectivity index (χ1) is 6.43. The van der Waals surface area contributed by atoms with Crippen molar-refractivity contribution in [3.8, 4) is 0 Å². The number of hydrogen-bond acceptors (Lipinski definition) is 2. The fraction of sp³-hybridized carbons (Fsp3) is 0.909. The summed E-state index contributed by atoms with van der Waals surface area (Å²) in [4.78, 5) is 13.1. The molecule has 0 aromatic rings. The maximum Gasteiger partial charge on any atom is 0.219 e. The second kappa shape index (κ2) is 4.30. The predicted molar refractivity (Wildman–Crippen MR) is 57.8 cm³/mol. The minimum absolute atomic E-state index is 0.117. The molecule has 4 atom stereocenters. The molecule has 1 rings (SSSR count). The molecule has 1 saturated carbocycles. The Morgan fingerprint density at radius 2 is 1.93 bits per heavy atom. The van der Waals surface area contributed by atoms with Crippen molar-refractivity contribution in [2.45, 2.75) is 45.7 Å². The molecule has 1 aliphatic carbocycles. The van der Waals surface area contributed by atoms with Gasteiger partial charge in [-0.2, -0.15) is 0 Å². The first-order valence-corrected chi connectivity index (χ1v) is 5.42. The second-order valence-electron chi connectivity index (χ2n) is 4.84. The van der Waals surface area contributed by atoms with Gasteiger partial charge in [0, 0.05) is 26.1 Å². The Labute approximate surface area is 86.6 Å². The highest BCUT2D eigenvalue weighted by Gasteiger charge is 2.35. The van der Waals surface area contributed by atoms with Gasteiger partial charge in [-0.15, -0.1) is 0 Å². The van der Waals surface area contributed by atoms with Crippen LogP contribution in [0, 0.1) is 11.8 Å². The van der Waals surface area contributed by atoms with Gasteiger partial charge in [0.2, 0.25) is 5.91 Å². The summed E-state index contributed by atoms with van der Waals surface area (Å²) in [5.74, 6) is 1.33. The second-order valence-corrected chi connectivity index (χ2v) is 4.84. The lowest BCUT2D eigenvalue weighted by Gasteiger charge is -2.42. The Morgan fingerprint density at radius 1 is 1.36 bits per heavy atom. The highest BCUT2D eigenvalue weighted by Crippen LogP contribution is 2.30. The molecule has 1 aliphatic rings. The topological polar surface area (TPSA) is 46.3 Å². The van der Waals surface area contributed by atoms with E-state index in [1.54, 1.807) is 11.8 Å². The lowest BCUT2D eigenvalue weighted by atomic mass is 9.76. The smallest absolute Gasteiger partial charge is 0.219 e. The van der Waals surface area contributed by atoms with E-state index < -0.39 is 0 Å². The van der Waals surface area contributed by atoms with Crippen LogP contribution in [0.2, 0.25) is 0 Å². The number of amides is 1. The minimum Gasteiger partial charge on any atom is -0.341 e. The summed E-state index contributed by atoms with van der Waals surface area (Å²) in [6.07, 6.45) is 2.21. The van der Waals surface area contributed by atoms with Crippen molar-refractivity contribution in [1.29, 1.82) is 0 Å². The Morgan fingerprint density at radius 3 is 2.36 bits per heavy atom. The van der Waals surface area contributed by atoms with E-state index in [0.29, 0.717) is 11.8 Å². The van der Waals surface area contributed by atoms with E-state index in [1.165, 1.54) is 6.42 Å². The summed E-state index contributed by atoms with van der Waals surface area (Å²) in [6.45, 7) is 6.04. The molecule has 0 unspecified atom stereocenters. The predicted octanol–water partition coefficient (Wildman–Crippen LogP) is 1.23. The van der Waals surface area contributed by atoms with Crippen LogP contribution in [0.25, 0.3) is 0 Å². The molecule has 0 spiro atoms. The zero-order valence-corrected chi connectivity index (χ0v) is 9.66. The molecule has 0 aliphatic heterocycles. The quantitative estimate of drug-likeness (QED) is 0.688. The number of nitrogens with two attached hydrogens (primary N) is 1. The van der Waals surface area contributed by atoms with E-state index in [9.17, 15) is 4.79 Å². The van der Waals surface area contributed by atoms with Gasteiger partial charge in [-0.1, -0.05) is 13.8 Å². The van der Waals surface area contributed by atoms with Gasteiger partial charge in [-0.25, -0.2) is 0 Å². The van der Waals surface area contributed by atoms with Gasteiger partial charge in [-0.3, -0.25) is 4.79 Å². The third kappa shape index (κ3) is 2.27. The molecule has 0 bridgehead atoms. The van der Waals surface area contributed by atoms with Crippen LogP contribution in [-0.2, 0) is 4.79 Å². The zero-order chi connectivity index (χ0) is 10.9. The van der Waals surface area contributed by atoms with Gasteiger partial charge in [-0.05, 0) is 24.7 Å². The SMILES string of the molecule is CC(=O)N(C)[C@@H]1[C@H](N)C[C@H](C)C[C@@H]1C. The van der Waals surface area contributed by atoms with Crippen LogP contribution in [0.15, 0.2) is 0 Å². The van der Waals surface area contributed by atoms with E-state index in [-0.39, 0.29) is 18.0 Å². The van der Waals surface area contributed by atoms with Crippen molar-refractivity contribution in [1.82, 2.24) is 4.90 Å². The third-order valence-electron chi connectivity index (χ3n) is 3.41. The van der Waals surface area contributed by atoms with Crippen molar-refractivity contribution >= 4 is 5.91 Å². The molecule has 0 aromatic carbocycles. The number of hydrogen-bond donors (Lipinski definition) is 1. The highest BCUT2D eigenvalue weighted by atomic mass is 16.2. The lowest BCUT2D eigenvalue weighted by molar-refractivity contribution is -0.131. The average molecular weight is 198 g/mol. The molecule has 0 heterocycles. The van der Waals surface area contributed by atoms with Gasteiger partial charge in [0.1, 0.15) is 0 Å². The van der Waals surface area contributed by atoms with Crippen molar-refractivity contribution in [3.63, 3.8) is 0 Å². The molecule has 3 nitrogen and oxygen atoms in total. The van der Waals surface area contributed by atoms with E-state index in [2.05, 4.69) is 13.8 Å².